The van der Waals surface area contributed by atoms with E-state index in [9.17, 15) is 4.79 Å². The second kappa shape index (κ2) is 8.66. The van der Waals surface area contributed by atoms with Crippen LogP contribution in [0.15, 0.2) is 64.1 Å². The van der Waals surface area contributed by atoms with E-state index < -0.39 is 0 Å². The molecule has 0 aliphatic carbocycles. The third-order valence-corrected chi connectivity index (χ3v) is 5.53. The Morgan fingerprint density at radius 3 is 2.58 bits per heavy atom. The fourth-order valence-corrected chi connectivity index (χ4v) is 3.29. The lowest BCUT2D eigenvalue weighted by molar-refractivity contribution is -0.113. The number of hydrogen-bond acceptors (Lipinski definition) is 4. The Kier molecular flexibility index (Phi) is 6.29. The predicted molar refractivity (Wildman–Crippen MR) is 111 cm³/mol. The van der Waals surface area contributed by atoms with Gasteiger partial charge in [0, 0.05) is 20.7 Å². The molecule has 0 aliphatic rings. The Hall–Kier alpha value is -1.89. The molecule has 3 aromatic rings. The SMILES string of the molecule is Cc1c(Cl)cccc1NC(=O)CSc1ccc(-c2ccc(Br)cc2)nn1. The molecule has 4 nitrogen and oxygen atoms in total. The number of nitrogens with zero attached hydrogens (tertiary/aromatic N) is 2. The maximum Gasteiger partial charge on any atom is 0.234 e. The van der Waals surface area contributed by atoms with E-state index in [4.69, 9.17) is 11.6 Å². The van der Waals surface area contributed by atoms with Crippen LogP contribution in [0.5, 0.6) is 0 Å². The molecule has 0 saturated carbocycles. The van der Waals surface area contributed by atoms with Gasteiger partial charge in [-0.25, -0.2) is 0 Å². The van der Waals surface area contributed by atoms with Crippen LogP contribution < -0.4 is 5.32 Å². The van der Waals surface area contributed by atoms with Crippen molar-refractivity contribution in [1.29, 1.82) is 0 Å². The summed E-state index contributed by atoms with van der Waals surface area (Å²) >= 11 is 10.8. The first-order valence-corrected chi connectivity index (χ1v) is 9.96. The molecule has 0 radical (unpaired) electrons. The van der Waals surface area contributed by atoms with Crippen LogP contribution in [-0.2, 0) is 4.79 Å². The monoisotopic (exact) mass is 447 g/mol. The molecule has 0 fully saturated rings. The number of benzene rings is 2. The summed E-state index contributed by atoms with van der Waals surface area (Å²) in [5, 5.41) is 12.6. The average molecular weight is 449 g/mol. The van der Waals surface area contributed by atoms with Gasteiger partial charge < -0.3 is 5.32 Å². The normalized spacial score (nSPS) is 10.6. The van der Waals surface area contributed by atoms with Crippen LogP contribution in [0.25, 0.3) is 11.3 Å². The molecular formula is C19H15BrClN3OS. The zero-order valence-corrected chi connectivity index (χ0v) is 17.0. The lowest BCUT2D eigenvalue weighted by atomic mass is 10.1. The number of hydrogen-bond donors (Lipinski definition) is 1. The average Bonchev–Trinajstić information content (AvgIpc) is 2.65. The van der Waals surface area contributed by atoms with E-state index in [1.165, 1.54) is 11.8 Å². The molecule has 1 amide bonds. The third-order valence-electron chi connectivity index (χ3n) is 3.67. The van der Waals surface area contributed by atoms with E-state index in [1.807, 2.05) is 55.5 Å². The molecule has 132 valence electrons. The summed E-state index contributed by atoms with van der Waals surface area (Å²) in [6.07, 6.45) is 0. The van der Waals surface area contributed by atoms with E-state index in [2.05, 4.69) is 31.4 Å². The van der Waals surface area contributed by atoms with E-state index in [0.717, 1.165) is 27.0 Å². The number of amides is 1. The van der Waals surface area contributed by atoms with Crippen molar-refractivity contribution >= 4 is 50.9 Å². The lowest BCUT2D eigenvalue weighted by Gasteiger charge is -2.09. The van der Waals surface area contributed by atoms with E-state index >= 15 is 0 Å². The van der Waals surface area contributed by atoms with Gasteiger partial charge in [0.25, 0.3) is 0 Å². The second-order valence-electron chi connectivity index (χ2n) is 5.51. The Morgan fingerprint density at radius 1 is 1.12 bits per heavy atom. The standard InChI is InChI=1S/C19H15BrClN3OS/c1-12-15(21)3-2-4-16(12)22-18(25)11-26-19-10-9-17(23-24-19)13-5-7-14(20)8-6-13/h2-10H,11H2,1H3,(H,22,25). The molecule has 0 spiro atoms. The van der Waals surface area contributed by atoms with Gasteiger partial charge >= 0.3 is 0 Å². The van der Waals surface area contributed by atoms with Crippen LogP contribution in [0.1, 0.15) is 5.56 Å². The first kappa shape index (κ1) is 18.9. The summed E-state index contributed by atoms with van der Waals surface area (Å²) in [4.78, 5) is 12.1. The first-order valence-electron chi connectivity index (χ1n) is 7.80. The molecule has 0 aliphatic heterocycles. The van der Waals surface area contributed by atoms with Crippen LogP contribution >= 0.6 is 39.3 Å². The van der Waals surface area contributed by atoms with Gasteiger partial charge in [-0.15, -0.1) is 10.2 Å². The van der Waals surface area contributed by atoms with Crippen LogP contribution in [-0.4, -0.2) is 21.9 Å². The molecule has 26 heavy (non-hydrogen) atoms. The number of carbonyl (C=O) groups excluding carboxylic acids is 1. The highest BCUT2D eigenvalue weighted by molar-refractivity contribution is 9.10. The molecule has 0 unspecified atom stereocenters. The summed E-state index contributed by atoms with van der Waals surface area (Å²) in [6, 6.07) is 17.1. The molecule has 1 N–H and O–H groups in total. The van der Waals surface area contributed by atoms with Gasteiger partial charge in [-0.3, -0.25) is 4.79 Å². The molecule has 0 bridgehead atoms. The van der Waals surface area contributed by atoms with Crippen molar-refractivity contribution in [2.75, 3.05) is 11.1 Å². The fraction of sp³-hybridized carbons (Fsp3) is 0.105. The van der Waals surface area contributed by atoms with E-state index in [1.54, 1.807) is 6.07 Å². The van der Waals surface area contributed by atoms with E-state index in [-0.39, 0.29) is 11.7 Å². The minimum absolute atomic E-state index is 0.112. The number of halogens is 2. The predicted octanol–water partition coefficient (Wildman–Crippen LogP) is 5.60. The van der Waals surface area contributed by atoms with Gasteiger partial charge in [0.2, 0.25) is 5.91 Å². The van der Waals surface area contributed by atoms with Crippen molar-refractivity contribution in [3.8, 4) is 11.3 Å². The lowest BCUT2D eigenvalue weighted by Crippen LogP contribution is -2.15. The van der Waals surface area contributed by atoms with Crippen LogP contribution in [0.2, 0.25) is 5.02 Å². The topological polar surface area (TPSA) is 54.9 Å². The zero-order valence-electron chi connectivity index (χ0n) is 13.9. The molecule has 3 rings (SSSR count). The smallest absolute Gasteiger partial charge is 0.234 e. The van der Waals surface area contributed by atoms with Gasteiger partial charge in [-0.05, 0) is 48.9 Å². The third kappa shape index (κ3) is 4.84. The number of anilines is 1. The molecule has 0 saturated heterocycles. The van der Waals surface area contributed by atoms with Crippen LogP contribution in [0, 0.1) is 6.92 Å². The van der Waals surface area contributed by atoms with E-state index in [0.29, 0.717) is 10.0 Å². The van der Waals surface area contributed by atoms with Crippen molar-refractivity contribution in [2.45, 2.75) is 11.9 Å². The van der Waals surface area contributed by atoms with Crippen molar-refractivity contribution in [1.82, 2.24) is 10.2 Å². The van der Waals surface area contributed by atoms with Gasteiger partial charge in [0.05, 0.1) is 11.4 Å². The Labute approximate surface area is 169 Å². The van der Waals surface area contributed by atoms with Crippen molar-refractivity contribution < 1.29 is 4.79 Å². The van der Waals surface area contributed by atoms with Crippen LogP contribution in [0.3, 0.4) is 0 Å². The highest BCUT2D eigenvalue weighted by Gasteiger charge is 2.09. The number of thioether (sulfide) groups is 1. The number of nitrogens with one attached hydrogen (secondary N) is 1. The van der Waals surface area contributed by atoms with Gasteiger partial charge in [0.15, 0.2) is 0 Å². The summed E-state index contributed by atoms with van der Waals surface area (Å²) in [5.41, 5.74) is 3.36. The fourth-order valence-electron chi connectivity index (χ4n) is 2.24. The first-order chi connectivity index (χ1) is 12.5. The zero-order chi connectivity index (χ0) is 18.5. The molecule has 1 aromatic heterocycles. The second-order valence-corrected chi connectivity index (χ2v) is 7.83. The Morgan fingerprint density at radius 2 is 1.88 bits per heavy atom. The summed E-state index contributed by atoms with van der Waals surface area (Å²) < 4.78 is 1.02. The van der Waals surface area contributed by atoms with Gasteiger partial charge in [-0.1, -0.05) is 57.5 Å². The van der Waals surface area contributed by atoms with Crippen molar-refractivity contribution in [3.63, 3.8) is 0 Å². The highest BCUT2D eigenvalue weighted by Crippen LogP contribution is 2.24. The molecule has 1 heterocycles. The van der Waals surface area contributed by atoms with Gasteiger partial charge in [-0.2, -0.15) is 0 Å². The maximum atomic E-state index is 12.1. The summed E-state index contributed by atoms with van der Waals surface area (Å²) in [6.45, 7) is 1.87. The Balaban J connectivity index is 1.58. The largest absolute Gasteiger partial charge is 0.325 e. The van der Waals surface area contributed by atoms with Crippen molar-refractivity contribution in [2.24, 2.45) is 0 Å². The quantitative estimate of drug-likeness (QED) is 0.516. The minimum atomic E-state index is -0.112. The minimum Gasteiger partial charge on any atom is -0.325 e. The number of rotatable bonds is 5. The number of carbonyl (C=O) groups is 1. The van der Waals surface area contributed by atoms with Crippen LogP contribution in [0.4, 0.5) is 5.69 Å². The Bertz CT molecular complexity index is 917. The molecular weight excluding hydrogens is 434 g/mol. The summed E-state index contributed by atoms with van der Waals surface area (Å²) in [5.74, 6) is 0.136. The highest BCUT2D eigenvalue weighted by atomic mass is 79.9. The maximum absolute atomic E-state index is 12.1. The van der Waals surface area contributed by atoms with Crippen molar-refractivity contribution in [3.05, 3.63) is 69.7 Å². The van der Waals surface area contributed by atoms with Gasteiger partial charge in [0.1, 0.15) is 5.03 Å². The number of aromatic nitrogens is 2. The molecule has 0 atom stereocenters. The summed E-state index contributed by atoms with van der Waals surface area (Å²) in [7, 11) is 0. The molecule has 7 heteroatoms. The molecule has 2 aromatic carbocycles.